The lowest BCUT2D eigenvalue weighted by Crippen LogP contribution is -2.26. The van der Waals surface area contributed by atoms with E-state index in [4.69, 9.17) is 9.47 Å². The van der Waals surface area contributed by atoms with E-state index in [9.17, 15) is 9.59 Å². The third-order valence-electron chi connectivity index (χ3n) is 8.86. The highest BCUT2D eigenvalue weighted by Crippen LogP contribution is 2.15. The van der Waals surface area contributed by atoms with Crippen molar-refractivity contribution in [2.75, 3.05) is 20.6 Å². The number of unbranched alkanes of at least 4 members (excludes halogenated alkanes) is 22. The molecular formula is C42H83ClN2O4. The lowest BCUT2D eigenvalue weighted by atomic mass is 10.1. The molecule has 0 spiro atoms. The van der Waals surface area contributed by atoms with Gasteiger partial charge in [0.1, 0.15) is 0 Å². The number of rotatable bonds is 36. The molecule has 7 heteroatoms. The second kappa shape index (κ2) is 42.8. The fourth-order valence-corrected chi connectivity index (χ4v) is 5.81. The summed E-state index contributed by atoms with van der Waals surface area (Å²) in [6, 6.07) is 0. The van der Waals surface area contributed by atoms with Gasteiger partial charge in [-0.25, -0.2) is 0 Å². The predicted molar refractivity (Wildman–Crippen MR) is 215 cm³/mol. The van der Waals surface area contributed by atoms with Crippen molar-refractivity contribution in [2.45, 2.75) is 213 Å². The highest BCUT2D eigenvalue weighted by molar-refractivity contribution is 5.85. The quantitative estimate of drug-likeness (QED) is 0.0301. The molecule has 0 fully saturated rings. The first kappa shape index (κ1) is 52.0. The summed E-state index contributed by atoms with van der Waals surface area (Å²) in [5.74, 6) is -0.488. The van der Waals surface area contributed by atoms with Crippen molar-refractivity contribution >= 4 is 24.3 Å². The van der Waals surface area contributed by atoms with Gasteiger partial charge in [-0.3, -0.25) is 9.59 Å². The Bertz CT molecular complexity index is 690. The molecule has 0 aromatic heterocycles. The van der Waals surface area contributed by atoms with Crippen LogP contribution in [0.4, 0.5) is 0 Å². The van der Waals surface area contributed by atoms with Crippen LogP contribution >= 0.6 is 12.4 Å². The van der Waals surface area contributed by atoms with E-state index in [0.29, 0.717) is 19.3 Å². The van der Waals surface area contributed by atoms with Crippen molar-refractivity contribution in [2.24, 2.45) is 0 Å². The zero-order valence-electron chi connectivity index (χ0n) is 33.0. The third-order valence-corrected chi connectivity index (χ3v) is 8.86. The van der Waals surface area contributed by atoms with Gasteiger partial charge in [-0.2, -0.15) is 0 Å². The summed E-state index contributed by atoms with van der Waals surface area (Å²) in [4.78, 5) is 27.2. The molecule has 3 N–H and O–H groups in total. The third kappa shape index (κ3) is 42.7. The first-order chi connectivity index (χ1) is 23.0. The van der Waals surface area contributed by atoms with Crippen LogP contribution in [-0.4, -0.2) is 43.8 Å². The SMILES string of the molecule is CCCCCCCCC=CCCCCCCCC(=O)OC(CCCN(C)C)OC(=O)CCCCCCCC=CCCCCCCCC.Cl.N. The molecule has 0 rings (SSSR count). The lowest BCUT2D eigenvalue weighted by Gasteiger charge is -2.19. The van der Waals surface area contributed by atoms with Crippen LogP contribution in [0.3, 0.4) is 0 Å². The number of nitrogens with zero attached hydrogens (tertiary/aromatic N) is 1. The van der Waals surface area contributed by atoms with E-state index >= 15 is 0 Å². The monoisotopic (exact) mass is 715 g/mol. The highest BCUT2D eigenvalue weighted by Gasteiger charge is 2.19. The largest absolute Gasteiger partial charge is 0.425 e. The number of hydrogen-bond acceptors (Lipinski definition) is 6. The first-order valence-corrected chi connectivity index (χ1v) is 20.3. The van der Waals surface area contributed by atoms with Gasteiger partial charge in [-0.15, -0.1) is 12.4 Å². The van der Waals surface area contributed by atoms with Gasteiger partial charge in [0.25, 0.3) is 0 Å². The molecule has 0 saturated carbocycles. The van der Waals surface area contributed by atoms with E-state index in [1.165, 1.54) is 116 Å². The van der Waals surface area contributed by atoms with Gasteiger partial charge in [-0.05, 0) is 91.3 Å². The molecule has 0 aromatic carbocycles. The van der Waals surface area contributed by atoms with Crippen LogP contribution < -0.4 is 6.15 Å². The Morgan fingerprint density at radius 1 is 0.490 bits per heavy atom. The number of carbonyl (C=O) groups is 2. The van der Waals surface area contributed by atoms with Crippen LogP contribution in [0.1, 0.15) is 206 Å². The molecule has 0 aliphatic carbocycles. The lowest BCUT2D eigenvalue weighted by molar-refractivity contribution is -0.189. The van der Waals surface area contributed by atoms with E-state index in [0.717, 1.165) is 64.3 Å². The topological polar surface area (TPSA) is 90.8 Å². The second-order valence-electron chi connectivity index (χ2n) is 14.0. The molecule has 0 bridgehead atoms. The molecule has 49 heavy (non-hydrogen) atoms. The van der Waals surface area contributed by atoms with Gasteiger partial charge < -0.3 is 20.5 Å². The molecule has 0 saturated heterocycles. The van der Waals surface area contributed by atoms with Crippen molar-refractivity contribution in [3.63, 3.8) is 0 Å². The van der Waals surface area contributed by atoms with Crippen LogP contribution in [0, 0.1) is 0 Å². The molecule has 0 aromatic rings. The minimum absolute atomic E-state index is 0. The van der Waals surface area contributed by atoms with Gasteiger partial charge in [0.2, 0.25) is 6.29 Å². The molecule has 0 radical (unpaired) electrons. The van der Waals surface area contributed by atoms with E-state index in [-0.39, 0.29) is 30.5 Å². The maximum absolute atomic E-state index is 12.5. The van der Waals surface area contributed by atoms with Crippen LogP contribution in [0.2, 0.25) is 0 Å². The van der Waals surface area contributed by atoms with Crippen molar-refractivity contribution in [3.8, 4) is 0 Å². The summed E-state index contributed by atoms with van der Waals surface area (Å²) >= 11 is 0. The van der Waals surface area contributed by atoms with E-state index in [1.807, 2.05) is 14.1 Å². The predicted octanol–water partition coefficient (Wildman–Crippen LogP) is 13.4. The normalized spacial score (nSPS) is 11.9. The van der Waals surface area contributed by atoms with Crippen molar-refractivity contribution in [3.05, 3.63) is 24.3 Å². The Hall–Kier alpha value is -1.37. The summed E-state index contributed by atoms with van der Waals surface area (Å²) in [6.45, 7) is 5.40. The summed E-state index contributed by atoms with van der Waals surface area (Å²) < 4.78 is 11.3. The minimum atomic E-state index is -0.763. The van der Waals surface area contributed by atoms with Crippen LogP contribution in [0.5, 0.6) is 0 Å². The number of esters is 2. The van der Waals surface area contributed by atoms with Gasteiger partial charge in [0, 0.05) is 19.3 Å². The van der Waals surface area contributed by atoms with E-state index < -0.39 is 6.29 Å². The van der Waals surface area contributed by atoms with E-state index in [2.05, 4.69) is 43.1 Å². The fourth-order valence-electron chi connectivity index (χ4n) is 5.81. The molecule has 0 aliphatic rings. The molecule has 292 valence electrons. The minimum Gasteiger partial charge on any atom is -0.425 e. The number of halogens is 1. The van der Waals surface area contributed by atoms with Crippen LogP contribution in [0.25, 0.3) is 0 Å². The Kier molecular flexibility index (Phi) is 45.4. The number of hydrogen-bond donors (Lipinski definition) is 1. The Balaban J connectivity index is -0.0000106. The Morgan fingerprint density at radius 3 is 1.12 bits per heavy atom. The summed E-state index contributed by atoms with van der Waals surface area (Å²) in [5, 5.41) is 0. The number of carbonyl (C=O) groups excluding carboxylic acids is 2. The number of allylic oxidation sites excluding steroid dienone is 4. The molecule has 0 aliphatic heterocycles. The number of ether oxygens (including phenoxy) is 2. The van der Waals surface area contributed by atoms with Crippen molar-refractivity contribution in [1.29, 1.82) is 0 Å². The highest BCUT2D eigenvalue weighted by atomic mass is 35.5. The maximum Gasteiger partial charge on any atom is 0.308 e. The van der Waals surface area contributed by atoms with Gasteiger partial charge in [0.05, 0.1) is 0 Å². The van der Waals surface area contributed by atoms with Gasteiger partial charge >= 0.3 is 11.9 Å². The van der Waals surface area contributed by atoms with Crippen molar-refractivity contribution in [1.82, 2.24) is 11.1 Å². The molecule has 0 unspecified atom stereocenters. The van der Waals surface area contributed by atoms with Gasteiger partial charge in [-0.1, -0.05) is 141 Å². The van der Waals surface area contributed by atoms with Crippen LogP contribution in [0.15, 0.2) is 24.3 Å². The fraction of sp³-hybridized carbons (Fsp3) is 0.857. The maximum atomic E-state index is 12.5. The second-order valence-corrected chi connectivity index (χ2v) is 14.0. The summed E-state index contributed by atoms with van der Waals surface area (Å²) in [5.41, 5.74) is 0. The molecule has 0 heterocycles. The van der Waals surface area contributed by atoms with Crippen molar-refractivity contribution < 1.29 is 19.1 Å². The molecule has 0 atom stereocenters. The average molecular weight is 716 g/mol. The summed E-state index contributed by atoms with van der Waals surface area (Å²) in [7, 11) is 4.04. The smallest absolute Gasteiger partial charge is 0.308 e. The average Bonchev–Trinajstić information content (AvgIpc) is 3.04. The van der Waals surface area contributed by atoms with Crippen LogP contribution in [-0.2, 0) is 19.1 Å². The molecule has 6 nitrogen and oxygen atoms in total. The Labute approximate surface area is 311 Å². The van der Waals surface area contributed by atoms with Gasteiger partial charge in [0.15, 0.2) is 0 Å². The zero-order chi connectivity index (χ0) is 34.5. The Morgan fingerprint density at radius 2 is 0.796 bits per heavy atom. The first-order valence-electron chi connectivity index (χ1n) is 20.3. The molecule has 0 amide bonds. The molecular weight excluding hydrogens is 632 g/mol. The standard InChI is InChI=1S/C42H79NO4.ClH.H3N/c1-5-7-9-11-13-15-17-19-21-23-25-27-29-31-33-36-40(44)46-42(38-35-39-43(3)4)47-41(45)37-34-32-30-28-26-24-22-20-18-16-14-12-10-8-6-2;;/h19-22,42H,5-18,23-39H2,1-4H3;1H;1H3. The van der Waals surface area contributed by atoms with E-state index in [1.54, 1.807) is 0 Å². The zero-order valence-corrected chi connectivity index (χ0v) is 33.8. The summed E-state index contributed by atoms with van der Waals surface area (Å²) in [6.07, 6.45) is 42.8.